The van der Waals surface area contributed by atoms with E-state index in [9.17, 15) is 0 Å². The molecule has 2 aliphatic heterocycles. The predicted octanol–water partition coefficient (Wildman–Crippen LogP) is 3.76. The van der Waals surface area contributed by atoms with Crippen molar-refractivity contribution in [3.63, 3.8) is 0 Å². The Morgan fingerprint density at radius 1 is 1.26 bits per heavy atom. The minimum Gasteiger partial charge on any atom is -0.493 e. The molecule has 7 heteroatoms. The summed E-state index contributed by atoms with van der Waals surface area (Å²) in [6.07, 6.45) is 6.84. The van der Waals surface area contributed by atoms with Crippen LogP contribution in [0.4, 0.5) is 5.69 Å². The number of nitrogens with zero attached hydrogens (tertiary/aromatic N) is 2. The summed E-state index contributed by atoms with van der Waals surface area (Å²) < 4.78 is 12.0. The molecule has 2 aromatic carbocycles. The zero-order chi connectivity index (χ0) is 24.0. The second kappa shape index (κ2) is 10.6. The summed E-state index contributed by atoms with van der Waals surface area (Å²) in [6.45, 7) is 2.27. The quantitative estimate of drug-likeness (QED) is 0.435. The van der Waals surface area contributed by atoms with E-state index in [0.29, 0.717) is 12.4 Å². The minimum absolute atomic E-state index is 0.0165. The summed E-state index contributed by atoms with van der Waals surface area (Å²) >= 11 is 0. The van der Waals surface area contributed by atoms with Crippen LogP contribution in [0.25, 0.3) is 5.57 Å². The zero-order valence-corrected chi connectivity index (χ0v) is 19.9. The summed E-state index contributed by atoms with van der Waals surface area (Å²) in [4.78, 5) is 8.64. The number of benzene rings is 2. The number of allylic oxidation sites excluding steroid dienone is 1. The van der Waals surface area contributed by atoms with Gasteiger partial charge in [0.05, 0.1) is 24.9 Å². The Kier molecular flexibility index (Phi) is 6.95. The molecule has 0 unspecified atom stereocenters. The minimum atomic E-state index is -0.113. The van der Waals surface area contributed by atoms with Gasteiger partial charge in [0.25, 0.3) is 0 Å². The van der Waals surface area contributed by atoms with Crippen molar-refractivity contribution in [1.82, 2.24) is 10.3 Å². The van der Waals surface area contributed by atoms with Crippen LogP contribution in [0.1, 0.15) is 28.3 Å². The summed E-state index contributed by atoms with van der Waals surface area (Å²) in [6, 6.07) is 19.0. The normalized spacial score (nSPS) is 17.7. The third-order valence-electron chi connectivity index (χ3n) is 6.45. The number of anilines is 1. The SMILES string of the molecule is CN=C/C(=C\N)c1cnc2c(c1)NC[C@@H]([C@H](NCCc1ccc3c(c1)CCO3)c1ccccc1)O2. The molecule has 7 nitrogen and oxygen atoms in total. The van der Waals surface area contributed by atoms with Gasteiger partial charge in [-0.25, -0.2) is 4.98 Å². The molecule has 0 spiro atoms. The van der Waals surface area contributed by atoms with Crippen molar-refractivity contribution in [2.75, 3.05) is 32.1 Å². The lowest BCUT2D eigenvalue weighted by molar-refractivity contribution is 0.150. The summed E-state index contributed by atoms with van der Waals surface area (Å²) in [5.74, 6) is 1.62. The largest absolute Gasteiger partial charge is 0.493 e. The fraction of sp³-hybridized carbons (Fsp3) is 0.286. The monoisotopic (exact) mass is 469 g/mol. The van der Waals surface area contributed by atoms with E-state index in [4.69, 9.17) is 15.2 Å². The van der Waals surface area contributed by atoms with Crippen LogP contribution in [-0.4, -0.2) is 44.0 Å². The van der Waals surface area contributed by atoms with Crippen LogP contribution >= 0.6 is 0 Å². The third kappa shape index (κ3) is 5.15. The van der Waals surface area contributed by atoms with Gasteiger partial charge in [-0.3, -0.25) is 4.99 Å². The van der Waals surface area contributed by atoms with Crippen LogP contribution < -0.4 is 25.8 Å². The predicted molar refractivity (Wildman–Crippen MR) is 140 cm³/mol. The van der Waals surface area contributed by atoms with E-state index >= 15 is 0 Å². The smallest absolute Gasteiger partial charge is 0.237 e. The van der Waals surface area contributed by atoms with Gasteiger partial charge in [-0.1, -0.05) is 42.5 Å². The molecule has 1 aromatic heterocycles. The maximum Gasteiger partial charge on any atom is 0.237 e. The van der Waals surface area contributed by atoms with Gasteiger partial charge in [0.2, 0.25) is 5.88 Å². The second-order valence-electron chi connectivity index (χ2n) is 8.76. The van der Waals surface area contributed by atoms with E-state index in [2.05, 4.69) is 63.1 Å². The van der Waals surface area contributed by atoms with Crippen LogP contribution in [0.3, 0.4) is 0 Å². The fourth-order valence-electron chi connectivity index (χ4n) is 4.66. The molecule has 3 aromatic rings. The van der Waals surface area contributed by atoms with E-state index in [1.807, 2.05) is 12.1 Å². The topological polar surface area (TPSA) is 93.8 Å². The van der Waals surface area contributed by atoms with Crippen molar-refractivity contribution in [3.8, 4) is 11.6 Å². The maximum absolute atomic E-state index is 6.40. The van der Waals surface area contributed by atoms with Gasteiger partial charge >= 0.3 is 0 Å². The molecule has 3 heterocycles. The molecule has 0 aliphatic carbocycles. The molecule has 2 atom stereocenters. The number of ether oxygens (including phenoxy) is 2. The molecule has 35 heavy (non-hydrogen) atoms. The first-order valence-electron chi connectivity index (χ1n) is 12.0. The standard InChI is InChI=1S/C28H31N5O2/c1-30-16-23(15-29)22-14-24-28(33-17-22)35-26(18-32-24)27(20-5-3-2-4-6-20)31-11-9-19-7-8-25-21(13-19)10-12-34-25/h2-8,13-17,26-27,31-32H,9-12,18,29H2,1H3/b23-15+,30-16?/t26-,27+/m0/s1. The molecule has 0 fully saturated rings. The second-order valence-corrected chi connectivity index (χ2v) is 8.76. The molecule has 0 saturated carbocycles. The van der Waals surface area contributed by atoms with E-state index in [0.717, 1.165) is 48.6 Å². The Labute approximate surface area is 206 Å². The van der Waals surface area contributed by atoms with Gasteiger partial charge in [-0.05, 0) is 41.8 Å². The number of hydrogen-bond acceptors (Lipinski definition) is 7. The number of aromatic nitrogens is 1. The van der Waals surface area contributed by atoms with E-state index < -0.39 is 0 Å². The average Bonchev–Trinajstić information content (AvgIpc) is 3.38. The van der Waals surface area contributed by atoms with Crippen molar-refractivity contribution in [1.29, 1.82) is 0 Å². The van der Waals surface area contributed by atoms with Gasteiger partial charge in [-0.15, -0.1) is 0 Å². The summed E-state index contributed by atoms with van der Waals surface area (Å²) in [5.41, 5.74) is 12.1. The molecule has 0 bridgehead atoms. The zero-order valence-electron chi connectivity index (χ0n) is 19.9. The molecular formula is C28H31N5O2. The van der Waals surface area contributed by atoms with Crippen LogP contribution in [0.15, 0.2) is 72.0 Å². The van der Waals surface area contributed by atoms with E-state index in [1.165, 1.54) is 22.9 Å². The Morgan fingerprint density at radius 3 is 2.97 bits per heavy atom. The molecular weight excluding hydrogens is 438 g/mol. The van der Waals surface area contributed by atoms with Crippen LogP contribution in [0.5, 0.6) is 11.6 Å². The van der Waals surface area contributed by atoms with Gasteiger partial charge in [0, 0.05) is 43.2 Å². The number of aliphatic imine (C=N–C) groups is 1. The van der Waals surface area contributed by atoms with Gasteiger partial charge in [-0.2, -0.15) is 0 Å². The summed E-state index contributed by atoms with van der Waals surface area (Å²) in [5, 5.41) is 7.25. The molecule has 0 amide bonds. The Hall–Kier alpha value is -3.84. The number of pyridine rings is 1. The van der Waals surface area contributed by atoms with E-state index in [-0.39, 0.29) is 12.1 Å². The van der Waals surface area contributed by atoms with E-state index in [1.54, 1.807) is 19.5 Å². The van der Waals surface area contributed by atoms with Crippen LogP contribution in [0, 0.1) is 0 Å². The number of nitrogens with one attached hydrogen (secondary N) is 2. The Bertz CT molecular complexity index is 1230. The van der Waals surface area contributed by atoms with Crippen molar-refractivity contribution in [2.45, 2.75) is 25.0 Å². The average molecular weight is 470 g/mol. The highest BCUT2D eigenvalue weighted by molar-refractivity contribution is 6.09. The molecule has 0 saturated heterocycles. The van der Waals surface area contributed by atoms with Gasteiger partial charge in [0.15, 0.2) is 0 Å². The number of nitrogens with two attached hydrogens (primary N) is 1. The van der Waals surface area contributed by atoms with Crippen molar-refractivity contribution in [3.05, 3.63) is 89.2 Å². The number of rotatable bonds is 8. The molecule has 5 rings (SSSR count). The van der Waals surface area contributed by atoms with Crippen molar-refractivity contribution >= 4 is 17.5 Å². The summed E-state index contributed by atoms with van der Waals surface area (Å²) in [7, 11) is 1.72. The highest BCUT2D eigenvalue weighted by Gasteiger charge is 2.29. The Balaban J connectivity index is 1.30. The van der Waals surface area contributed by atoms with Crippen LogP contribution in [0.2, 0.25) is 0 Å². The number of fused-ring (bicyclic) bond motifs is 2. The fourth-order valence-corrected chi connectivity index (χ4v) is 4.66. The highest BCUT2D eigenvalue weighted by atomic mass is 16.5. The highest BCUT2D eigenvalue weighted by Crippen LogP contribution is 2.33. The lowest BCUT2D eigenvalue weighted by atomic mass is 9.99. The molecule has 2 aliphatic rings. The first-order chi connectivity index (χ1) is 17.2. The van der Waals surface area contributed by atoms with Crippen LogP contribution in [-0.2, 0) is 12.8 Å². The first-order valence-corrected chi connectivity index (χ1v) is 12.0. The lowest BCUT2D eigenvalue weighted by Crippen LogP contribution is -2.43. The molecule has 4 N–H and O–H groups in total. The lowest BCUT2D eigenvalue weighted by Gasteiger charge is -2.33. The van der Waals surface area contributed by atoms with Gasteiger partial charge < -0.3 is 25.8 Å². The molecule has 0 radical (unpaired) electrons. The first kappa shape index (κ1) is 22.9. The van der Waals surface area contributed by atoms with Crippen molar-refractivity contribution in [2.24, 2.45) is 10.7 Å². The number of hydrogen-bond donors (Lipinski definition) is 3. The Morgan fingerprint density at radius 2 is 2.14 bits per heavy atom. The molecule has 180 valence electrons. The maximum atomic E-state index is 6.40. The third-order valence-corrected chi connectivity index (χ3v) is 6.45. The van der Waals surface area contributed by atoms with Crippen molar-refractivity contribution < 1.29 is 9.47 Å². The van der Waals surface area contributed by atoms with Gasteiger partial charge in [0.1, 0.15) is 11.9 Å².